The van der Waals surface area contributed by atoms with Crippen molar-refractivity contribution in [3.05, 3.63) is 16.1 Å². The maximum Gasteiger partial charge on any atom is 0.0897 e. The number of nitrogens with zero attached hydrogens (tertiary/aromatic N) is 1. The highest BCUT2D eigenvalue weighted by atomic mass is 32.1. The highest BCUT2D eigenvalue weighted by Gasteiger charge is 2.18. The molecule has 0 atom stereocenters. The van der Waals surface area contributed by atoms with E-state index < -0.39 is 0 Å². The number of aromatic nitrogens is 1. The minimum atomic E-state index is 0.276. The molecule has 1 heterocycles. The Balaban J connectivity index is 2.47. The Labute approximate surface area is 90.8 Å². The average Bonchev–Trinajstić information content (AvgIpc) is 2.61. The van der Waals surface area contributed by atoms with Crippen molar-refractivity contribution >= 4 is 11.3 Å². The monoisotopic (exact) mass is 212 g/mol. The molecule has 0 unspecified atom stereocenters. The normalized spacial score (nSPS) is 12.0. The zero-order valence-electron chi connectivity index (χ0n) is 9.55. The maximum atomic E-state index is 4.25. The molecule has 0 spiro atoms. The fourth-order valence-electron chi connectivity index (χ4n) is 1.29. The van der Waals surface area contributed by atoms with Crippen LogP contribution in [0.5, 0.6) is 0 Å². The van der Waals surface area contributed by atoms with E-state index in [2.05, 4.69) is 31.1 Å². The van der Waals surface area contributed by atoms with Crippen LogP contribution in [0.1, 0.15) is 43.5 Å². The van der Waals surface area contributed by atoms with Gasteiger partial charge in [-0.1, -0.05) is 13.8 Å². The van der Waals surface area contributed by atoms with Gasteiger partial charge in [0.05, 0.1) is 5.01 Å². The van der Waals surface area contributed by atoms with E-state index in [0.717, 1.165) is 11.6 Å². The van der Waals surface area contributed by atoms with Crippen molar-refractivity contribution in [3.8, 4) is 0 Å². The molecule has 0 saturated heterocycles. The minimum absolute atomic E-state index is 0.276. The predicted octanol–water partition coefficient (Wildman–Crippen LogP) is 3.12. The lowest BCUT2D eigenvalue weighted by Gasteiger charge is -2.28. The third-order valence-corrected chi connectivity index (χ3v) is 3.83. The van der Waals surface area contributed by atoms with E-state index >= 15 is 0 Å². The van der Waals surface area contributed by atoms with Gasteiger partial charge in [-0.2, -0.15) is 0 Å². The molecular formula is C11H20N2S. The highest BCUT2D eigenvalue weighted by molar-refractivity contribution is 7.11. The van der Waals surface area contributed by atoms with E-state index in [1.807, 2.05) is 13.1 Å². The van der Waals surface area contributed by atoms with Crippen molar-refractivity contribution in [1.82, 2.24) is 10.3 Å². The van der Waals surface area contributed by atoms with Crippen LogP contribution in [0.25, 0.3) is 0 Å². The first-order valence-electron chi connectivity index (χ1n) is 5.26. The first-order chi connectivity index (χ1) is 6.59. The number of hydrogen-bond acceptors (Lipinski definition) is 3. The van der Waals surface area contributed by atoms with Crippen molar-refractivity contribution < 1.29 is 0 Å². The lowest BCUT2D eigenvalue weighted by molar-refractivity contribution is 0.330. The molecule has 80 valence electrons. The molecule has 0 bridgehead atoms. The molecule has 14 heavy (non-hydrogen) atoms. The van der Waals surface area contributed by atoms with Crippen LogP contribution in [0.2, 0.25) is 0 Å². The molecule has 1 aromatic heterocycles. The van der Waals surface area contributed by atoms with Crippen LogP contribution in [0.15, 0.2) is 6.20 Å². The van der Waals surface area contributed by atoms with E-state index in [9.17, 15) is 0 Å². The highest BCUT2D eigenvalue weighted by Crippen LogP contribution is 2.17. The topological polar surface area (TPSA) is 24.9 Å². The van der Waals surface area contributed by atoms with Crippen molar-refractivity contribution in [3.63, 3.8) is 0 Å². The average molecular weight is 212 g/mol. The molecule has 0 aromatic carbocycles. The SMILES string of the molecule is CCC(C)(CC)NCc1cnc(C)s1. The molecule has 0 aliphatic carbocycles. The van der Waals surface area contributed by atoms with Crippen LogP contribution in [0.3, 0.4) is 0 Å². The molecule has 0 aliphatic rings. The Hall–Kier alpha value is -0.410. The summed E-state index contributed by atoms with van der Waals surface area (Å²) in [4.78, 5) is 5.58. The predicted molar refractivity (Wildman–Crippen MR) is 62.7 cm³/mol. The Bertz CT molecular complexity index is 277. The maximum absolute atomic E-state index is 4.25. The molecule has 1 rings (SSSR count). The Morgan fingerprint density at radius 3 is 2.50 bits per heavy atom. The fraction of sp³-hybridized carbons (Fsp3) is 0.727. The lowest BCUT2D eigenvalue weighted by atomic mass is 9.96. The third kappa shape index (κ3) is 3.07. The van der Waals surface area contributed by atoms with Gasteiger partial charge in [0.25, 0.3) is 0 Å². The molecule has 2 nitrogen and oxygen atoms in total. The lowest BCUT2D eigenvalue weighted by Crippen LogP contribution is -2.40. The van der Waals surface area contributed by atoms with Gasteiger partial charge in [0, 0.05) is 23.2 Å². The van der Waals surface area contributed by atoms with E-state index in [1.54, 1.807) is 11.3 Å². The summed E-state index contributed by atoms with van der Waals surface area (Å²) in [5, 5.41) is 4.75. The second-order valence-corrected chi connectivity index (χ2v) is 5.29. The van der Waals surface area contributed by atoms with Gasteiger partial charge in [0.15, 0.2) is 0 Å². The summed E-state index contributed by atoms with van der Waals surface area (Å²) in [6.07, 6.45) is 4.31. The van der Waals surface area contributed by atoms with Crippen LogP contribution in [0, 0.1) is 6.92 Å². The van der Waals surface area contributed by atoms with Gasteiger partial charge in [-0.05, 0) is 26.7 Å². The Morgan fingerprint density at radius 1 is 1.43 bits per heavy atom. The van der Waals surface area contributed by atoms with Crippen LogP contribution in [0.4, 0.5) is 0 Å². The molecule has 1 N–H and O–H groups in total. The summed E-state index contributed by atoms with van der Waals surface area (Å²) in [7, 11) is 0. The zero-order valence-corrected chi connectivity index (χ0v) is 10.4. The van der Waals surface area contributed by atoms with Gasteiger partial charge in [-0.25, -0.2) is 4.98 Å². The number of rotatable bonds is 5. The molecular weight excluding hydrogens is 192 g/mol. The standard InChI is InChI=1S/C11H20N2S/c1-5-11(4,6-2)13-8-10-7-12-9(3)14-10/h7,13H,5-6,8H2,1-4H3. The summed E-state index contributed by atoms with van der Waals surface area (Å²) < 4.78 is 0. The summed E-state index contributed by atoms with van der Waals surface area (Å²) in [5.41, 5.74) is 0.276. The van der Waals surface area contributed by atoms with Crippen LogP contribution < -0.4 is 5.32 Å². The number of nitrogens with one attached hydrogen (secondary N) is 1. The molecule has 0 radical (unpaired) electrons. The van der Waals surface area contributed by atoms with Gasteiger partial charge >= 0.3 is 0 Å². The molecule has 1 aromatic rings. The van der Waals surface area contributed by atoms with E-state index in [0.29, 0.717) is 0 Å². The second kappa shape index (κ2) is 4.89. The summed E-state index contributed by atoms with van der Waals surface area (Å²) in [6, 6.07) is 0. The summed E-state index contributed by atoms with van der Waals surface area (Å²) in [5.74, 6) is 0. The van der Waals surface area contributed by atoms with Gasteiger partial charge in [-0.3, -0.25) is 0 Å². The van der Waals surface area contributed by atoms with Gasteiger partial charge < -0.3 is 5.32 Å². The zero-order chi connectivity index (χ0) is 10.6. The molecule has 3 heteroatoms. The van der Waals surface area contributed by atoms with Crippen LogP contribution in [-0.2, 0) is 6.54 Å². The first kappa shape index (κ1) is 11.7. The summed E-state index contributed by atoms with van der Waals surface area (Å²) >= 11 is 1.78. The number of thiazole rings is 1. The first-order valence-corrected chi connectivity index (χ1v) is 6.07. The smallest absolute Gasteiger partial charge is 0.0897 e. The molecule has 0 amide bonds. The molecule has 0 saturated carbocycles. The van der Waals surface area contributed by atoms with Crippen molar-refractivity contribution in [1.29, 1.82) is 0 Å². The van der Waals surface area contributed by atoms with Crippen molar-refractivity contribution in [2.24, 2.45) is 0 Å². The minimum Gasteiger partial charge on any atom is -0.307 e. The van der Waals surface area contributed by atoms with E-state index in [4.69, 9.17) is 0 Å². The van der Waals surface area contributed by atoms with Crippen LogP contribution in [-0.4, -0.2) is 10.5 Å². The summed E-state index contributed by atoms with van der Waals surface area (Å²) in [6.45, 7) is 9.74. The number of aryl methyl sites for hydroxylation is 1. The number of hydrogen-bond donors (Lipinski definition) is 1. The van der Waals surface area contributed by atoms with E-state index in [1.165, 1.54) is 17.7 Å². The Morgan fingerprint density at radius 2 is 2.07 bits per heavy atom. The van der Waals surface area contributed by atoms with E-state index in [-0.39, 0.29) is 5.54 Å². The largest absolute Gasteiger partial charge is 0.307 e. The van der Waals surface area contributed by atoms with Gasteiger partial charge in [0.1, 0.15) is 0 Å². The van der Waals surface area contributed by atoms with Gasteiger partial charge in [0.2, 0.25) is 0 Å². The Kier molecular flexibility index (Phi) is 4.08. The second-order valence-electron chi connectivity index (χ2n) is 3.97. The van der Waals surface area contributed by atoms with Crippen LogP contribution >= 0.6 is 11.3 Å². The quantitative estimate of drug-likeness (QED) is 0.811. The van der Waals surface area contributed by atoms with Crippen molar-refractivity contribution in [2.45, 2.75) is 52.6 Å². The fourth-order valence-corrected chi connectivity index (χ4v) is 2.02. The molecule has 0 fully saturated rings. The van der Waals surface area contributed by atoms with Crippen molar-refractivity contribution in [2.75, 3.05) is 0 Å². The third-order valence-electron chi connectivity index (χ3n) is 2.92. The van der Waals surface area contributed by atoms with Gasteiger partial charge in [-0.15, -0.1) is 11.3 Å². The molecule has 0 aliphatic heterocycles.